The maximum atomic E-state index is 15.0. The number of aromatic nitrogens is 3. The summed E-state index contributed by atoms with van der Waals surface area (Å²) in [4.78, 5) is 17.3. The number of rotatable bonds is 7. The highest BCUT2D eigenvalue weighted by Gasteiger charge is 2.45. The van der Waals surface area contributed by atoms with Crippen LogP contribution in [0.5, 0.6) is 17.5 Å². The number of carbonyl (C=O) groups excluding carboxylic acids is 1. The largest absolute Gasteiger partial charge is 0.478 e. The number of nitrogens with zero attached hydrogens (tertiary/aromatic N) is 3. The Bertz CT molecular complexity index is 1540. The van der Waals surface area contributed by atoms with Gasteiger partial charge in [-0.15, -0.1) is 10.2 Å². The zero-order valence-corrected chi connectivity index (χ0v) is 21.0. The van der Waals surface area contributed by atoms with Crippen molar-refractivity contribution in [1.29, 1.82) is 4.78 Å². The molecular formula is C23H21F4N5O5S. The first kappa shape index (κ1) is 27.2. The molecule has 2 heterocycles. The zero-order valence-electron chi connectivity index (χ0n) is 20.1. The first-order chi connectivity index (χ1) is 17.6. The van der Waals surface area contributed by atoms with Gasteiger partial charge in [0.2, 0.25) is 5.75 Å². The van der Waals surface area contributed by atoms with Gasteiger partial charge >= 0.3 is 6.18 Å². The average molecular weight is 556 g/mol. The minimum absolute atomic E-state index is 0.0198. The van der Waals surface area contributed by atoms with Gasteiger partial charge in [0.25, 0.3) is 17.7 Å². The summed E-state index contributed by atoms with van der Waals surface area (Å²) in [5, 5.41) is 19.1. The molecule has 0 saturated heterocycles. The molecule has 3 N–H and O–H groups in total. The van der Waals surface area contributed by atoms with Crippen molar-refractivity contribution in [3.8, 4) is 17.5 Å². The van der Waals surface area contributed by atoms with E-state index in [2.05, 4.69) is 20.5 Å². The first-order valence-electron chi connectivity index (χ1n) is 10.9. The molecule has 1 unspecified atom stereocenters. The van der Waals surface area contributed by atoms with Crippen LogP contribution in [0, 0.1) is 17.5 Å². The fourth-order valence-corrected chi connectivity index (χ4v) is 4.23. The lowest BCUT2D eigenvalue weighted by Crippen LogP contribution is -2.21. The zero-order chi connectivity index (χ0) is 28.0. The van der Waals surface area contributed by atoms with Gasteiger partial charge in [0.05, 0.1) is 22.5 Å². The Labute approximate surface area is 214 Å². The van der Waals surface area contributed by atoms with E-state index >= 15 is 4.39 Å². The lowest BCUT2D eigenvalue weighted by Gasteiger charge is -2.18. The number of hydrogen-bond acceptors (Lipinski definition) is 9. The Morgan fingerprint density at radius 1 is 1.21 bits per heavy atom. The van der Waals surface area contributed by atoms with Gasteiger partial charge in [-0.3, -0.25) is 4.79 Å². The predicted molar refractivity (Wildman–Crippen MR) is 125 cm³/mol. The second-order valence-electron chi connectivity index (χ2n) is 8.64. The number of methoxy groups -OCH3 is 1. The molecule has 202 valence electrons. The quantitative estimate of drug-likeness (QED) is 0.363. The summed E-state index contributed by atoms with van der Waals surface area (Å²) in [6.45, 7) is 0.968. The van der Waals surface area contributed by atoms with E-state index in [1.165, 1.54) is 24.3 Å². The fourth-order valence-electron chi connectivity index (χ4n) is 3.54. The van der Waals surface area contributed by atoms with Gasteiger partial charge < -0.3 is 19.9 Å². The summed E-state index contributed by atoms with van der Waals surface area (Å²) >= 11 is 0. The van der Waals surface area contributed by atoms with Crippen LogP contribution in [0.15, 0.2) is 35.2 Å². The van der Waals surface area contributed by atoms with Crippen molar-refractivity contribution < 1.29 is 41.1 Å². The molecule has 1 amide bonds. The van der Waals surface area contributed by atoms with Gasteiger partial charge in [0.1, 0.15) is 11.2 Å². The SMILES string of the molecule is COc1nc(C2(O)CC2)cc(F)c1Oc1nnc(C(F)(F)F)c(C)c1C(=O)Nc1cccc(S(C)(=N)=O)c1. The number of benzene rings is 1. The van der Waals surface area contributed by atoms with Gasteiger partial charge in [0.15, 0.2) is 11.5 Å². The maximum absolute atomic E-state index is 15.0. The van der Waals surface area contributed by atoms with E-state index in [1.807, 2.05) is 0 Å². The van der Waals surface area contributed by atoms with Crippen LogP contribution >= 0.6 is 0 Å². The van der Waals surface area contributed by atoms with E-state index in [4.69, 9.17) is 14.3 Å². The molecule has 1 aliphatic carbocycles. The molecule has 1 atom stereocenters. The summed E-state index contributed by atoms with van der Waals surface area (Å²) in [6, 6.07) is 6.29. The second-order valence-corrected chi connectivity index (χ2v) is 10.8. The highest BCUT2D eigenvalue weighted by molar-refractivity contribution is 7.91. The van der Waals surface area contributed by atoms with Crippen molar-refractivity contribution in [3.63, 3.8) is 0 Å². The van der Waals surface area contributed by atoms with Crippen LogP contribution in [-0.2, 0) is 21.5 Å². The normalized spacial score (nSPS) is 15.9. The van der Waals surface area contributed by atoms with Gasteiger partial charge in [-0.2, -0.15) is 13.2 Å². The van der Waals surface area contributed by atoms with E-state index in [0.29, 0.717) is 12.8 Å². The van der Waals surface area contributed by atoms with E-state index in [-0.39, 0.29) is 16.3 Å². The topological polar surface area (TPSA) is 147 Å². The highest BCUT2D eigenvalue weighted by Crippen LogP contribution is 2.47. The van der Waals surface area contributed by atoms with Gasteiger partial charge in [-0.1, -0.05) is 6.07 Å². The van der Waals surface area contributed by atoms with E-state index in [1.54, 1.807) is 0 Å². The Kier molecular flexibility index (Phi) is 6.78. The van der Waals surface area contributed by atoms with E-state index in [0.717, 1.165) is 26.4 Å². The summed E-state index contributed by atoms with van der Waals surface area (Å²) in [7, 11) is -2.02. The minimum atomic E-state index is -4.98. The number of nitrogens with one attached hydrogen (secondary N) is 2. The van der Waals surface area contributed by atoms with Gasteiger partial charge in [-0.25, -0.2) is 18.4 Å². The number of carbonyl (C=O) groups is 1. The number of pyridine rings is 1. The third-order valence-corrected chi connectivity index (χ3v) is 6.86. The molecule has 0 spiro atoms. The summed E-state index contributed by atoms with van der Waals surface area (Å²) in [6.07, 6.45) is -3.11. The number of aliphatic hydroxyl groups is 1. The number of ether oxygens (including phenoxy) is 2. The molecule has 38 heavy (non-hydrogen) atoms. The molecule has 0 radical (unpaired) electrons. The molecule has 10 nitrogen and oxygen atoms in total. The minimum Gasteiger partial charge on any atom is -0.478 e. The Morgan fingerprint density at radius 3 is 2.47 bits per heavy atom. The molecule has 1 saturated carbocycles. The van der Waals surface area contributed by atoms with Crippen molar-refractivity contribution in [2.45, 2.75) is 36.4 Å². The number of anilines is 1. The number of amides is 1. The number of hydrogen-bond donors (Lipinski definition) is 3. The molecule has 2 aromatic heterocycles. The Balaban J connectivity index is 1.79. The summed E-state index contributed by atoms with van der Waals surface area (Å²) in [5.41, 5.74) is -4.16. The first-order valence-corrected chi connectivity index (χ1v) is 12.9. The molecule has 1 fully saturated rings. The lowest BCUT2D eigenvalue weighted by atomic mass is 10.1. The molecule has 15 heteroatoms. The van der Waals surface area contributed by atoms with Crippen molar-refractivity contribution in [2.24, 2.45) is 0 Å². The predicted octanol–water partition coefficient (Wildman–Crippen LogP) is 4.41. The van der Waals surface area contributed by atoms with Crippen molar-refractivity contribution in [3.05, 3.63) is 58.7 Å². The van der Waals surface area contributed by atoms with E-state index in [9.17, 15) is 27.3 Å². The fraction of sp³-hybridized carbons (Fsp3) is 0.304. The van der Waals surface area contributed by atoms with Crippen molar-refractivity contribution in [2.75, 3.05) is 18.7 Å². The van der Waals surface area contributed by atoms with Crippen LogP contribution in [-0.4, -0.2) is 43.8 Å². The van der Waals surface area contributed by atoms with Crippen LogP contribution in [0.1, 0.15) is 40.2 Å². The number of halogens is 4. The summed E-state index contributed by atoms with van der Waals surface area (Å²) < 4.78 is 85.9. The average Bonchev–Trinajstić information content (AvgIpc) is 3.57. The molecule has 1 aliphatic rings. The summed E-state index contributed by atoms with van der Waals surface area (Å²) in [5.74, 6) is -4.10. The van der Waals surface area contributed by atoms with E-state index < -0.39 is 67.6 Å². The van der Waals surface area contributed by atoms with Crippen LogP contribution < -0.4 is 14.8 Å². The van der Waals surface area contributed by atoms with Crippen LogP contribution in [0.25, 0.3) is 0 Å². The molecule has 3 aromatic rings. The Morgan fingerprint density at radius 2 is 1.89 bits per heavy atom. The smallest absolute Gasteiger partial charge is 0.435 e. The van der Waals surface area contributed by atoms with Crippen molar-refractivity contribution in [1.82, 2.24) is 15.2 Å². The standard InChI is InChI=1S/C23H21F4N5O5S/c1-11-16(19(33)29-12-5-4-6-13(9-12)38(3,28)35)20(32-31-18(11)23(25,26)27)37-17-14(24)10-15(22(34)7-8-22)30-21(17)36-2/h4-6,9-10,28,34H,7-8H2,1-3H3,(H,29,33). The van der Waals surface area contributed by atoms with Crippen molar-refractivity contribution >= 4 is 21.3 Å². The Hall–Kier alpha value is -3.85. The maximum Gasteiger partial charge on any atom is 0.435 e. The molecular weight excluding hydrogens is 534 g/mol. The molecule has 1 aromatic carbocycles. The third kappa shape index (κ3) is 5.38. The highest BCUT2D eigenvalue weighted by atomic mass is 32.2. The monoisotopic (exact) mass is 555 g/mol. The van der Waals surface area contributed by atoms with Gasteiger partial charge in [0, 0.05) is 22.9 Å². The molecule has 0 aliphatic heterocycles. The second kappa shape index (κ2) is 9.47. The third-order valence-electron chi connectivity index (χ3n) is 5.71. The molecule has 4 rings (SSSR count). The molecule has 0 bridgehead atoms. The number of alkyl halides is 3. The lowest BCUT2D eigenvalue weighted by molar-refractivity contribution is -0.142. The van der Waals surface area contributed by atoms with Crippen LogP contribution in [0.4, 0.5) is 23.2 Å². The van der Waals surface area contributed by atoms with Gasteiger partial charge in [-0.05, 0) is 43.5 Å². The van der Waals surface area contributed by atoms with Crippen LogP contribution in [0.3, 0.4) is 0 Å². The van der Waals surface area contributed by atoms with Crippen LogP contribution in [0.2, 0.25) is 0 Å².